The smallest absolute Gasteiger partial charge is 0.311 e. The highest BCUT2D eigenvalue weighted by Gasteiger charge is 2.42. The molecule has 1 unspecified atom stereocenters. The van der Waals surface area contributed by atoms with Gasteiger partial charge in [-0.2, -0.15) is 0 Å². The number of hydrogen-bond donors (Lipinski definition) is 1. The highest BCUT2D eigenvalue weighted by molar-refractivity contribution is 5.77. The van der Waals surface area contributed by atoms with Crippen LogP contribution in [0.3, 0.4) is 0 Å². The van der Waals surface area contributed by atoms with Crippen LogP contribution in [-0.4, -0.2) is 29.1 Å². The molecule has 2 rings (SSSR count). The van der Waals surface area contributed by atoms with Crippen LogP contribution in [0.15, 0.2) is 18.2 Å². The summed E-state index contributed by atoms with van der Waals surface area (Å²) in [6, 6.07) is 5.19. The van der Waals surface area contributed by atoms with Crippen LogP contribution in [0, 0.1) is 22.5 Å². The molecular weight excluding hydrogens is 272 g/mol. The van der Waals surface area contributed by atoms with E-state index in [0.717, 1.165) is 6.42 Å². The third-order valence-corrected chi connectivity index (χ3v) is 4.45. The molecule has 1 aliphatic rings. The van der Waals surface area contributed by atoms with Gasteiger partial charge in [-0.05, 0) is 32.3 Å². The lowest BCUT2D eigenvalue weighted by Gasteiger charge is -2.40. The molecule has 1 N–H and O–H groups in total. The molecule has 1 saturated heterocycles. The first-order valence-electron chi connectivity index (χ1n) is 7.13. The normalized spacial score (nSPS) is 22.1. The molecule has 21 heavy (non-hydrogen) atoms. The Morgan fingerprint density at radius 3 is 2.81 bits per heavy atom. The number of benzene rings is 1. The van der Waals surface area contributed by atoms with Crippen molar-refractivity contribution in [3.63, 3.8) is 0 Å². The molecule has 0 spiro atoms. The largest absolute Gasteiger partial charge is 0.481 e. The van der Waals surface area contributed by atoms with Gasteiger partial charge in [-0.15, -0.1) is 0 Å². The van der Waals surface area contributed by atoms with Gasteiger partial charge >= 0.3 is 5.97 Å². The van der Waals surface area contributed by atoms with Gasteiger partial charge in [0.15, 0.2) is 0 Å². The number of nitrogens with zero attached hydrogens (tertiary/aromatic N) is 2. The highest BCUT2D eigenvalue weighted by Crippen LogP contribution is 2.39. The summed E-state index contributed by atoms with van der Waals surface area (Å²) in [7, 11) is 0. The fourth-order valence-corrected chi connectivity index (χ4v) is 3.09. The van der Waals surface area contributed by atoms with Gasteiger partial charge in [0, 0.05) is 18.7 Å². The first-order chi connectivity index (χ1) is 9.91. The molecule has 1 fully saturated rings. The van der Waals surface area contributed by atoms with E-state index in [1.807, 2.05) is 11.8 Å². The van der Waals surface area contributed by atoms with E-state index in [4.69, 9.17) is 0 Å². The molecule has 0 aromatic heterocycles. The quantitative estimate of drug-likeness (QED) is 0.681. The maximum absolute atomic E-state index is 11.6. The predicted octanol–water partition coefficient (Wildman–Crippen LogP) is 2.98. The van der Waals surface area contributed by atoms with Crippen molar-refractivity contribution in [3.8, 4) is 0 Å². The number of nitro groups is 1. The minimum absolute atomic E-state index is 0.0785. The average Bonchev–Trinajstić information content (AvgIpc) is 2.46. The molecule has 1 aromatic carbocycles. The predicted molar refractivity (Wildman–Crippen MR) is 79.6 cm³/mol. The Balaban J connectivity index is 2.41. The Morgan fingerprint density at radius 1 is 1.52 bits per heavy atom. The van der Waals surface area contributed by atoms with Gasteiger partial charge in [0.25, 0.3) is 5.69 Å². The summed E-state index contributed by atoms with van der Waals surface area (Å²) in [4.78, 5) is 24.4. The molecule has 6 heteroatoms. The number of anilines is 1. The second kappa shape index (κ2) is 5.71. The van der Waals surface area contributed by atoms with E-state index in [1.165, 1.54) is 0 Å². The SMILES string of the molecule is CCC1(C(=O)O)CCCN(c2cccc(C)c2[N+](=O)[O-])C1. The fourth-order valence-electron chi connectivity index (χ4n) is 3.09. The first kappa shape index (κ1) is 15.3. The van der Waals surface area contributed by atoms with Gasteiger partial charge in [0.05, 0.1) is 10.3 Å². The monoisotopic (exact) mass is 292 g/mol. The standard InChI is InChI=1S/C15H20N2O4/c1-3-15(14(18)19)8-5-9-16(10-15)12-7-4-6-11(2)13(12)17(20)21/h4,6-7H,3,5,8-10H2,1-2H3,(H,18,19). The van der Waals surface area contributed by atoms with Crippen LogP contribution in [0.2, 0.25) is 0 Å². The minimum Gasteiger partial charge on any atom is -0.481 e. The molecule has 0 radical (unpaired) electrons. The maximum atomic E-state index is 11.6. The van der Waals surface area contributed by atoms with E-state index < -0.39 is 11.4 Å². The average molecular weight is 292 g/mol. The number of nitro benzene ring substituents is 1. The van der Waals surface area contributed by atoms with Crippen LogP contribution in [0.25, 0.3) is 0 Å². The van der Waals surface area contributed by atoms with Crippen molar-refractivity contribution in [1.82, 2.24) is 0 Å². The third-order valence-electron chi connectivity index (χ3n) is 4.45. The van der Waals surface area contributed by atoms with Gasteiger partial charge in [0.1, 0.15) is 5.69 Å². The molecular formula is C15H20N2O4. The molecule has 1 aromatic rings. The number of carbonyl (C=O) groups is 1. The van der Waals surface area contributed by atoms with E-state index in [1.54, 1.807) is 25.1 Å². The van der Waals surface area contributed by atoms with Gasteiger partial charge in [0.2, 0.25) is 0 Å². The molecule has 1 heterocycles. The van der Waals surface area contributed by atoms with Crippen molar-refractivity contribution in [1.29, 1.82) is 0 Å². The van der Waals surface area contributed by atoms with Crippen LogP contribution in [0.1, 0.15) is 31.7 Å². The lowest BCUT2D eigenvalue weighted by Crippen LogP contribution is -2.47. The van der Waals surface area contributed by atoms with E-state index in [0.29, 0.717) is 37.2 Å². The molecule has 6 nitrogen and oxygen atoms in total. The summed E-state index contributed by atoms with van der Waals surface area (Å²) >= 11 is 0. The molecule has 0 bridgehead atoms. The van der Waals surface area contributed by atoms with Crippen molar-refractivity contribution in [2.75, 3.05) is 18.0 Å². The Labute approximate surface area is 123 Å². The van der Waals surface area contributed by atoms with E-state index >= 15 is 0 Å². The lowest BCUT2D eigenvalue weighted by molar-refractivity contribution is -0.384. The maximum Gasteiger partial charge on any atom is 0.311 e. The summed E-state index contributed by atoms with van der Waals surface area (Å²) in [5, 5.41) is 20.8. The summed E-state index contributed by atoms with van der Waals surface area (Å²) in [5.41, 5.74) is 0.393. The van der Waals surface area contributed by atoms with E-state index in [-0.39, 0.29) is 10.6 Å². The fraction of sp³-hybridized carbons (Fsp3) is 0.533. The van der Waals surface area contributed by atoms with Crippen LogP contribution in [-0.2, 0) is 4.79 Å². The Bertz CT molecular complexity index is 573. The number of carboxylic acid groups (broad SMARTS) is 1. The molecule has 0 saturated carbocycles. The number of piperidine rings is 1. The van der Waals surface area contributed by atoms with Crippen molar-refractivity contribution in [2.24, 2.45) is 5.41 Å². The molecule has 114 valence electrons. The van der Waals surface area contributed by atoms with Crippen molar-refractivity contribution in [2.45, 2.75) is 33.1 Å². The van der Waals surface area contributed by atoms with E-state index in [9.17, 15) is 20.0 Å². The zero-order valence-corrected chi connectivity index (χ0v) is 12.3. The van der Waals surface area contributed by atoms with Crippen molar-refractivity contribution >= 4 is 17.3 Å². The summed E-state index contributed by atoms with van der Waals surface area (Å²) in [6.07, 6.45) is 1.87. The topological polar surface area (TPSA) is 83.7 Å². The van der Waals surface area contributed by atoms with Gasteiger partial charge in [-0.25, -0.2) is 0 Å². The van der Waals surface area contributed by atoms with E-state index in [2.05, 4.69) is 0 Å². The second-order valence-electron chi connectivity index (χ2n) is 5.66. The molecule has 0 aliphatic carbocycles. The number of hydrogen-bond acceptors (Lipinski definition) is 4. The summed E-state index contributed by atoms with van der Waals surface area (Å²) in [6.45, 7) is 4.54. The number of carboxylic acids is 1. The van der Waals surface area contributed by atoms with Crippen LogP contribution >= 0.6 is 0 Å². The van der Waals surface area contributed by atoms with Crippen LogP contribution in [0.4, 0.5) is 11.4 Å². The summed E-state index contributed by atoms with van der Waals surface area (Å²) < 4.78 is 0. The van der Waals surface area contributed by atoms with Crippen LogP contribution < -0.4 is 4.90 Å². The van der Waals surface area contributed by atoms with Gasteiger partial charge in [-0.3, -0.25) is 14.9 Å². The lowest BCUT2D eigenvalue weighted by atomic mass is 9.77. The molecule has 1 aliphatic heterocycles. The van der Waals surface area contributed by atoms with Gasteiger partial charge < -0.3 is 10.0 Å². The Morgan fingerprint density at radius 2 is 2.24 bits per heavy atom. The summed E-state index contributed by atoms with van der Waals surface area (Å²) in [5.74, 6) is -0.815. The minimum atomic E-state index is -0.815. The number of rotatable bonds is 4. The molecule has 1 atom stereocenters. The second-order valence-corrected chi connectivity index (χ2v) is 5.66. The van der Waals surface area contributed by atoms with Gasteiger partial charge in [-0.1, -0.05) is 19.1 Å². The Hall–Kier alpha value is -2.11. The zero-order valence-electron chi connectivity index (χ0n) is 12.3. The highest BCUT2D eigenvalue weighted by atomic mass is 16.6. The van der Waals surface area contributed by atoms with Crippen molar-refractivity contribution < 1.29 is 14.8 Å². The molecule has 0 amide bonds. The number of aryl methyl sites for hydroxylation is 1. The van der Waals surface area contributed by atoms with Crippen molar-refractivity contribution in [3.05, 3.63) is 33.9 Å². The number of para-hydroxylation sites is 1. The third kappa shape index (κ3) is 2.70. The zero-order chi connectivity index (χ0) is 15.6. The van der Waals surface area contributed by atoms with Crippen LogP contribution in [0.5, 0.6) is 0 Å². The first-order valence-corrected chi connectivity index (χ1v) is 7.13. The number of aliphatic carboxylic acids is 1. The Kier molecular flexibility index (Phi) is 4.16.